The predicted octanol–water partition coefficient (Wildman–Crippen LogP) is 4.61. The van der Waals surface area contributed by atoms with E-state index in [1.807, 2.05) is 11.8 Å². The lowest BCUT2D eigenvalue weighted by Gasteiger charge is -2.12. The minimum absolute atomic E-state index is 0.272. The number of aromatic nitrogens is 2. The first-order valence-corrected chi connectivity index (χ1v) is 8.80. The third kappa shape index (κ3) is 3.06. The Labute approximate surface area is 135 Å². The highest BCUT2D eigenvalue weighted by atomic mass is 79.9. The maximum absolute atomic E-state index is 13.2. The van der Waals surface area contributed by atoms with Gasteiger partial charge in [-0.05, 0) is 40.5 Å². The van der Waals surface area contributed by atoms with Crippen LogP contribution >= 0.6 is 27.7 Å². The van der Waals surface area contributed by atoms with Gasteiger partial charge in [0, 0.05) is 33.7 Å². The Balaban J connectivity index is 2.06. The molecule has 1 N–H and O–H groups in total. The van der Waals surface area contributed by atoms with Crippen LogP contribution in [-0.2, 0) is 11.5 Å². The molecule has 3 rings (SSSR count). The van der Waals surface area contributed by atoms with Gasteiger partial charge < -0.3 is 5.32 Å². The van der Waals surface area contributed by atoms with Crippen molar-refractivity contribution in [2.45, 2.75) is 24.9 Å². The number of anilines is 1. The Morgan fingerprint density at radius 3 is 2.95 bits per heavy atom. The van der Waals surface area contributed by atoms with E-state index in [4.69, 9.17) is 0 Å². The zero-order valence-electron chi connectivity index (χ0n) is 11.6. The fraction of sp³-hybridized carbons (Fsp3) is 0.333. The SMILES string of the molecule is CCCNc1nc(-c2ccc(F)cc2Br)nc2c1CSC2. The minimum Gasteiger partial charge on any atom is -0.370 e. The second kappa shape index (κ2) is 6.32. The van der Waals surface area contributed by atoms with Crippen molar-refractivity contribution >= 4 is 33.5 Å². The van der Waals surface area contributed by atoms with E-state index >= 15 is 0 Å². The average molecular weight is 368 g/mol. The van der Waals surface area contributed by atoms with Crippen LogP contribution in [0.5, 0.6) is 0 Å². The van der Waals surface area contributed by atoms with Crippen LogP contribution in [0.4, 0.5) is 10.2 Å². The Morgan fingerprint density at radius 1 is 1.33 bits per heavy atom. The van der Waals surface area contributed by atoms with E-state index < -0.39 is 0 Å². The lowest BCUT2D eigenvalue weighted by molar-refractivity contribution is 0.627. The first-order chi connectivity index (χ1) is 10.2. The van der Waals surface area contributed by atoms with Crippen molar-refractivity contribution in [2.75, 3.05) is 11.9 Å². The molecule has 1 aromatic carbocycles. The van der Waals surface area contributed by atoms with Crippen LogP contribution in [-0.4, -0.2) is 16.5 Å². The van der Waals surface area contributed by atoms with Gasteiger partial charge in [-0.25, -0.2) is 14.4 Å². The number of nitrogens with zero attached hydrogens (tertiary/aromatic N) is 2. The molecule has 0 amide bonds. The minimum atomic E-state index is -0.272. The number of rotatable bonds is 4. The van der Waals surface area contributed by atoms with Crippen molar-refractivity contribution < 1.29 is 4.39 Å². The summed E-state index contributed by atoms with van der Waals surface area (Å²) in [6.07, 6.45) is 1.04. The zero-order chi connectivity index (χ0) is 14.8. The molecule has 0 radical (unpaired) electrons. The quantitative estimate of drug-likeness (QED) is 0.855. The van der Waals surface area contributed by atoms with Crippen molar-refractivity contribution in [3.05, 3.63) is 39.7 Å². The third-order valence-electron chi connectivity index (χ3n) is 3.29. The van der Waals surface area contributed by atoms with E-state index in [0.29, 0.717) is 10.3 Å². The summed E-state index contributed by atoms with van der Waals surface area (Å²) in [5.74, 6) is 3.14. The van der Waals surface area contributed by atoms with Crippen LogP contribution in [0.3, 0.4) is 0 Å². The smallest absolute Gasteiger partial charge is 0.162 e. The first kappa shape index (κ1) is 14.8. The van der Waals surface area contributed by atoms with Crippen LogP contribution < -0.4 is 5.32 Å². The van der Waals surface area contributed by atoms with Crippen molar-refractivity contribution in [1.82, 2.24) is 9.97 Å². The highest BCUT2D eigenvalue weighted by Gasteiger charge is 2.21. The average Bonchev–Trinajstić information content (AvgIpc) is 2.93. The summed E-state index contributed by atoms with van der Waals surface area (Å²) in [5.41, 5.74) is 3.10. The Bertz CT molecular complexity index is 678. The number of benzene rings is 1. The Kier molecular flexibility index (Phi) is 4.45. The van der Waals surface area contributed by atoms with Gasteiger partial charge in [0.25, 0.3) is 0 Å². The molecule has 0 unspecified atom stereocenters. The standard InChI is InChI=1S/C15H15BrFN3S/c1-2-5-18-14-11-7-21-8-13(11)19-15(20-14)10-4-3-9(17)6-12(10)16/h3-4,6H,2,5,7-8H2,1H3,(H,18,19,20). The number of hydrogen-bond donors (Lipinski definition) is 1. The fourth-order valence-corrected chi connectivity index (χ4v) is 3.80. The van der Waals surface area contributed by atoms with Crippen LogP contribution in [0.15, 0.2) is 22.7 Å². The largest absolute Gasteiger partial charge is 0.370 e. The van der Waals surface area contributed by atoms with Crippen LogP contribution in [0.2, 0.25) is 0 Å². The van der Waals surface area contributed by atoms with Gasteiger partial charge in [-0.3, -0.25) is 0 Å². The molecule has 0 aliphatic carbocycles. The Hall–Kier alpha value is -1.14. The molecule has 0 atom stereocenters. The molecular weight excluding hydrogens is 353 g/mol. The summed E-state index contributed by atoms with van der Waals surface area (Å²) in [5, 5.41) is 3.38. The van der Waals surface area contributed by atoms with Gasteiger partial charge >= 0.3 is 0 Å². The van der Waals surface area contributed by atoms with E-state index in [9.17, 15) is 4.39 Å². The molecule has 3 nitrogen and oxygen atoms in total. The van der Waals surface area contributed by atoms with Gasteiger partial charge in [-0.1, -0.05) is 6.92 Å². The van der Waals surface area contributed by atoms with E-state index in [0.717, 1.165) is 41.5 Å². The fourth-order valence-electron chi connectivity index (χ4n) is 2.23. The van der Waals surface area contributed by atoms with Crippen molar-refractivity contribution in [2.24, 2.45) is 0 Å². The summed E-state index contributed by atoms with van der Waals surface area (Å²) < 4.78 is 13.9. The van der Waals surface area contributed by atoms with E-state index in [-0.39, 0.29) is 5.82 Å². The van der Waals surface area contributed by atoms with Crippen LogP contribution in [0, 0.1) is 5.82 Å². The number of hydrogen-bond acceptors (Lipinski definition) is 4. The van der Waals surface area contributed by atoms with E-state index in [1.165, 1.54) is 17.7 Å². The molecule has 0 saturated carbocycles. The van der Waals surface area contributed by atoms with E-state index in [1.54, 1.807) is 6.07 Å². The summed E-state index contributed by atoms with van der Waals surface area (Å²) in [4.78, 5) is 9.31. The molecule has 1 aliphatic rings. The summed E-state index contributed by atoms with van der Waals surface area (Å²) in [6.45, 7) is 3.01. The number of nitrogens with one attached hydrogen (secondary N) is 1. The summed E-state index contributed by atoms with van der Waals surface area (Å²) >= 11 is 5.24. The molecule has 0 bridgehead atoms. The first-order valence-electron chi connectivity index (χ1n) is 6.86. The number of halogens is 2. The van der Waals surface area contributed by atoms with Crippen LogP contribution in [0.1, 0.15) is 24.6 Å². The van der Waals surface area contributed by atoms with Crippen molar-refractivity contribution in [1.29, 1.82) is 0 Å². The van der Waals surface area contributed by atoms with Gasteiger partial charge in [-0.15, -0.1) is 0 Å². The third-order valence-corrected chi connectivity index (χ3v) is 4.92. The monoisotopic (exact) mass is 367 g/mol. The molecule has 110 valence electrons. The van der Waals surface area contributed by atoms with Gasteiger partial charge in [-0.2, -0.15) is 11.8 Å². The molecule has 0 saturated heterocycles. The lowest BCUT2D eigenvalue weighted by Crippen LogP contribution is -2.08. The maximum atomic E-state index is 13.2. The van der Waals surface area contributed by atoms with Gasteiger partial charge in [0.05, 0.1) is 5.69 Å². The summed E-state index contributed by atoms with van der Waals surface area (Å²) in [7, 11) is 0. The van der Waals surface area contributed by atoms with Crippen molar-refractivity contribution in [3.63, 3.8) is 0 Å². The van der Waals surface area contributed by atoms with Crippen molar-refractivity contribution in [3.8, 4) is 11.4 Å². The molecular formula is C15H15BrFN3S. The molecule has 1 aliphatic heterocycles. The Morgan fingerprint density at radius 2 is 2.19 bits per heavy atom. The van der Waals surface area contributed by atoms with E-state index in [2.05, 4.69) is 38.1 Å². The van der Waals surface area contributed by atoms with Gasteiger partial charge in [0.15, 0.2) is 5.82 Å². The molecule has 1 aromatic heterocycles. The van der Waals surface area contributed by atoms with Gasteiger partial charge in [0.2, 0.25) is 0 Å². The second-order valence-corrected chi connectivity index (χ2v) is 6.70. The normalized spacial score (nSPS) is 13.3. The van der Waals surface area contributed by atoms with Crippen LogP contribution in [0.25, 0.3) is 11.4 Å². The number of fused-ring (bicyclic) bond motifs is 1. The molecule has 0 spiro atoms. The second-order valence-electron chi connectivity index (χ2n) is 4.86. The molecule has 2 aromatic rings. The summed E-state index contributed by atoms with van der Waals surface area (Å²) in [6, 6.07) is 4.59. The molecule has 6 heteroatoms. The highest BCUT2D eigenvalue weighted by Crippen LogP contribution is 2.35. The zero-order valence-corrected chi connectivity index (χ0v) is 14.0. The maximum Gasteiger partial charge on any atom is 0.162 e. The topological polar surface area (TPSA) is 37.8 Å². The molecule has 21 heavy (non-hydrogen) atoms. The lowest BCUT2D eigenvalue weighted by atomic mass is 10.2. The molecule has 0 fully saturated rings. The highest BCUT2D eigenvalue weighted by molar-refractivity contribution is 9.10. The predicted molar refractivity (Wildman–Crippen MR) is 88.9 cm³/mol. The number of thioether (sulfide) groups is 1. The van der Waals surface area contributed by atoms with Gasteiger partial charge in [0.1, 0.15) is 11.6 Å². The molecule has 2 heterocycles.